The number of likely N-dealkylation sites (tertiary alicyclic amines) is 2. The first-order valence-electron chi connectivity index (χ1n) is 30.1. The molecule has 474 valence electrons. The van der Waals surface area contributed by atoms with Crippen molar-refractivity contribution in [3.63, 3.8) is 0 Å². The summed E-state index contributed by atoms with van der Waals surface area (Å²) >= 11 is 11.3. The van der Waals surface area contributed by atoms with Gasteiger partial charge < -0.3 is 56.1 Å². The van der Waals surface area contributed by atoms with Gasteiger partial charge >= 0.3 is 0 Å². The van der Waals surface area contributed by atoms with Gasteiger partial charge in [-0.1, -0.05) is 98.1 Å². The fourth-order valence-corrected chi connectivity index (χ4v) is 11.9. The van der Waals surface area contributed by atoms with Gasteiger partial charge in [-0.3, -0.25) is 48.1 Å². The molecule has 0 bridgehead atoms. The molecule has 0 saturated carbocycles. The fourth-order valence-electron chi connectivity index (χ4n) is 11.8. The van der Waals surface area contributed by atoms with Crippen LogP contribution in [-0.2, 0) is 54.3 Å². The monoisotopic (exact) mass is 1230 g/mol. The van der Waals surface area contributed by atoms with E-state index in [0.29, 0.717) is 71.1 Å². The second kappa shape index (κ2) is 35.7. The summed E-state index contributed by atoms with van der Waals surface area (Å²) in [6.07, 6.45) is 4.51. The number of hydrogen-bond acceptors (Lipinski definition) is 12. The molecule has 23 heteroatoms. The van der Waals surface area contributed by atoms with E-state index < -0.39 is 72.1 Å². The van der Waals surface area contributed by atoms with Crippen LogP contribution in [0.25, 0.3) is 0 Å². The van der Waals surface area contributed by atoms with Crippen LogP contribution < -0.4 is 31.9 Å². The number of nitrogens with one attached hydrogen (secondary N) is 6. The van der Waals surface area contributed by atoms with Crippen LogP contribution in [0, 0.1) is 23.7 Å². The molecular formula is C62H96Cl2N10O11. The van der Waals surface area contributed by atoms with Crippen LogP contribution in [0.5, 0.6) is 0 Å². The van der Waals surface area contributed by atoms with E-state index in [9.17, 15) is 43.2 Å². The number of alkyl halides is 2. The molecule has 0 aromatic heterocycles. The van der Waals surface area contributed by atoms with Gasteiger partial charge in [-0.15, -0.1) is 23.2 Å². The van der Waals surface area contributed by atoms with Crippen LogP contribution in [0.2, 0.25) is 0 Å². The normalized spacial score (nSPS) is 17.9. The number of anilines is 2. The molecule has 4 rings (SSSR count). The first kappa shape index (κ1) is 71.6. The van der Waals surface area contributed by atoms with Crippen molar-refractivity contribution in [3.8, 4) is 0 Å². The third kappa shape index (κ3) is 20.6. The lowest BCUT2D eigenvalue weighted by Gasteiger charge is -2.41. The number of rotatable bonds is 34. The molecule has 9 amide bonds. The highest BCUT2D eigenvalue weighted by Gasteiger charge is 2.45. The van der Waals surface area contributed by atoms with Crippen LogP contribution in [0.1, 0.15) is 129 Å². The van der Waals surface area contributed by atoms with Crippen LogP contribution in [-0.4, -0.2) is 195 Å². The SMILES string of the molecule is CCC(C)C(C(CC(=O)N1CCCC1C(OC)C(C)C(=O)N[C@@H](Cc1ccccc1)C(=O)N1CCC[C@@H]1C(=O)NCCCCCCNC(=O)c1ccc(NC(=O)CCl)c(NC(=O)CCl)c1)OC)N(C)C(=O)[C@@H](NC(=O)C(C(C)C)N(C)C)C(C)C. The first-order chi connectivity index (χ1) is 40.4. The van der Waals surface area contributed by atoms with Gasteiger partial charge in [-0.2, -0.15) is 0 Å². The molecule has 21 nitrogen and oxygen atoms in total. The van der Waals surface area contributed by atoms with E-state index in [2.05, 4.69) is 31.9 Å². The highest BCUT2D eigenvalue weighted by atomic mass is 35.5. The van der Waals surface area contributed by atoms with Crippen molar-refractivity contribution in [1.82, 2.24) is 40.9 Å². The predicted octanol–water partition coefficient (Wildman–Crippen LogP) is 5.81. The van der Waals surface area contributed by atoms with Crippen LogP contribution in [0.4, 0.5) is 11.4 Å². The molecule has 10 atom stereocenters. The Morgan fingerprint density at radius 3 is 1.89 bits per heavy atom. The molecule has 0 aliphatic carbocycles. The van der Waals surface area contributed by atoms with Gasteiger partial charge in [-0.25, -0.2) is 0 Å². The average Bonchev–Trinajstić information content (AvgIpc) is 4.39. The molecule has 6 N–H and O–H groups in total. The number of methoxy groups -OCH3 is 2. The van der Waals surface area contributed by atoms with Crippen molar-refractivity contribution in [3.05, 3.63) is 59.7 Å². The Balaban J connectivity index is 1.38. The summed E-state index contributed by atoms with van der Waals surface area (Å²) in [6.45, 7) is 15.0. The third-order valence-corrected chi connectivity index (χ3v) is 16.9. The van der Waals surface area contributed by atoms with Gasteiger partial charge in [0.05, 0.1) is 54.0 Å². The van der Waals surface area contributed by atoms with Crippen LogP contribution in [0.3, 0.4) is 0 Å². The summed E-state index contributed by atoms with van der Waals surface area (Å²) in [4.78, 5) is 129. The first-order valence-corrected chi connectivity index (χ1v) is 31.2. The van der Waals surface area contributed by atoms with Gasteiger partial charge in [0.2, 0.25) is 47.3 Å². The maximum Gasteiger partial charge on any atom is 0.251 e. The highest BCUT2D eigenvalue weighted by molar-refractivity contribution is 6.30. The number of likely N-dealkylation sites (N-methyl/N-ethyl adjacent to an activating group) is 2. The zero-order valence-electron chi connectivity index (χ0n) is 52.1. The standard InChI is InChI=1S/C62H96Cl2N10O11/c1-13-40(6)55(72(10)62(83)53(38(2)3)70-60(81)54(39(4)5)71(8)9)49(84-11)35-52(77)73-31-21-25-47(73)56(85-12)41(7)57(78)69-46(33-42-23-17-16-18-24-42)61(82)74-32-22-26-48(74)59(80)66-30-20-15-14-19-29-65-58(79)43-27-28-44(67-50(75)36-63)45(34-43)68-51(76)37-64/h16-18,23-24,27-28,34,38-41,46-49,53-56H,13-15,19-22,25-26,29-33,35-37H2,1-12H3,(H,65,79)(H,66,80)(H,67,75)(H,68,76)(H,69,78)(H,70,81)/t40?,41?,46-,47?,48+,49?,53-,54?,55?,56?/m0/s1. The number of carbonyl (C=O) groups is 9. The molecule has 2 aliphatic heterocycles. The van der Waals surface area contributed by atoms with E-state index in [4.69, 9.17) is 32.7 Å². The topological polar surface area (TPSA) is 257 Å². The Morgan fingerprint density at radius 1 is 0.706 bits per heavy atom. The van der Waals surface area contributed by atoms with Crippen molar-refractivity contribution < 1.29 is 52.6 Å². The molecule has 0 radical (unpaired) electrons. The fraction of sp³-hybridized carbons (Fsp3) is 0.661. The maximum atomic E-state index is 14.7. The lowest BCUT2D eigenvalue weighted by molar-refractivity contribution is -0.148. The summed E-state index contributed by atoms with van der Waals surface area (Å²) in [7, 11) is 8.45. The Hall–Kier alpha value is -5.87. The average molecular weight is 1230 g/mol. The molecule has 85 heavy (non-hydrogen) atoms. The molecule has 2 heterocycles. The largest absolute Gasteiger partial charge is 0.379 e. The number of hydrogen-bond donors (Lipinski definition) is 6. The second-order valence-corrected chi connectivity index (χ2v) is 24.0. The minimum Gasteiger partial charge on any atom is -0.379 e. The van der Waals surface area contributed by atoms with E-state index in [1.807, 2.05) is 90.9 Å². The van der Waals surface area contributed by atoms with E-state index in [1.165, 1.54) is 32.4 Å². The number of nitrogens with zero attached hydrogens (tertiary/aromatic N) is 4. The summed E-state index contributed by atoms with van der Waals surface area (Å²) in [5, 5.41) is 17.1. The Morgan fingerprint density at radius 2 is 1.32 bits per heavy atom. The molecular weight excluding hydrogens is 1130 g/mol. The Labute approximate surface area is 513 Å². The highest BCUT2D eigenvalue weighted by Crippen LogP contribution is 2.31. The van der Waals surface area contributed by atoms with Gasteiger partial charge in [0, 0.05) is 59.4 Å². The lowest BCUT2D eigenvalue weighted by atomic mass is 9.89. The van der Waals surface area contributed by atoms with Crippen molar-refractivity contribution in [2.24, 2.45) is 23.7 Å². The van der Waals surface area contributed by atoms with Crippen molar-refractivity contribution in [1.29, 1.82) is 0 Å². The molecule has 2 aliphatic rings. The van der Waals surface area contributed by atoms with Crippen LogP contribution in [0.15, 0.2) is 48.5 Å². The molecule has 2 fully saturated rings. The summed E-state index contributed by atoms with van der Waals surface area (Å²) < 4.78 is 12.2. The lowest BCUT2D eigenvalue weighted by Crippen LogP contribution is -2.59. The number of benzene rings is 2. The quantitative estimate of drug-likeness (QED) is 0.0359. The number of carbonyl (C=O) groups excluding carboxylic acids is 9. The predicted molar refractivity (Wildman–Crippen MR) is 331 cm³/mol. The molecule has 2 aromatic carbocycles. The summed E-state index contributed by atoms with van der Waals surface area (Å²) in [6, 6.07) is 9.81. The second-order valence-electron chi connectivity index (χ2n) is 23.5. The Bertz CT molecular complexity index is 2530. The van der Waals surface area contributed by atoms with Gasteiger partial charge in [0.25, 0.3) is 5.91 Å². The zero-order chi connectivity index (χ0) is 63.1. The van der Waals surface area contributed by atoms with Crippen molar-refractivity contribution >= 4 is 87.7 Å². The third-order valence-electron chi connectivity index (χ3n) is 16.4. The molecule has 7 unspecified atom stereocenters. The van der Waals surface area contributed by atoms with E-state index >= 15 is 0 Å². The number of amides is 9. The summed E-state index contributed by atoms with van der Waals surface area (Å²) in [5.74, 6) is -4.91. The zero-order valence-corrected chi connectivity index (χ0v) is 53.6. The molecule has 2 saturated heterocycles. The maximum absolute atomic E-state index is 14.7. The number of halogens is 2. The smallest absolute Gasteiger partial charge is 0.251 e. The van der Waals surface area contributed by atoms with Crippen LogP contribution >= 0.6 is 23.2 Å². The minimum absolute atomic E-state index is 0.00497. The number of unbranched alkanes of at least 4 members (excludes halogenated alkanes) is 3. The molecule has 2 aromatic rings. The number of ether oxygens (including phenoxy) is 2. The van der Waals surface area contributed by atoms with Gasteiger partial charge in [0.15, 0.2) is 0 Å². The van der Waals surface area contributed by atoms with E-state index in [-0.39, 0.29) is 94.7 Å². The summed E-state index contributed by atoms with van der Waals surface area (Å²) in [5.41, 5.74) is 1.56. The minimum atomic E-state index is -1.01. The van der Waals surface area contributed by atoms with Crippen molar-refractivity contribution in [2.45, 2.75) is 168 Å². The molecule has 0 spiro atoms. The van der Waals surface area contributed by atoms with E-state index in [1.54, 1.807) is 28.7 Å². The van der Waals surface area contributed by atoms with Gasteiger partial charge in [0.1, 0.15) is 29.9 Å². The van der Waals surface area contributed by atoms with Crippen molar-refractivity contribution in [2.75, 3.05) is 83.9 Å². The van der Waals surface area contributed by atoms with E-state index in [0.717, 1.165) is 18.4 Å². The Kier molecular flexibility index (Phi) is 30.1. The van der Waals surface area contributed by atoms with Gasteiger partial charge in [-0.05, 0) is 94.1 Å².